The lowest BCUT2D eigenvalue weighted by Crippen LogP contribution is -2.29. The third-order valence-electron chi connectivity index (χ3n) is 5.47. The van der Waals surface area contributed by atoms with E-state index in [-0.39, 0.29) is 28.3 Å². The maximum Gasteiger partial charge on any atom is 0.295 e. The minimum atomic E-state index is -0.880. The molecule has 1 amide bonds. The first-order valence-corrected chi connectivity index (χ1v) is 10.4. The minimum absolute atomic E-state index is 0.0776. The number of benzene rings is 3. The van der Waals surface area contributed by atoms with E-state index in [1.165, 1.54) is 36.3 Å². The summed E-state index contributed by atoms with van der Waals surface area (Å²) in [7, 11) is 1.40. The molecule has 0 saturated carbocycles. The van der Waals surface area contributed by atoms with Gasteiger partial charge in [-0.1, -0.05) is 12.1 Å². The summed E-state index contributed by atoms with van der Waals surface area (Å²) in [6.07, 6.45) is 0. The van der Waals surface area contributed by atoms with E-state index in [0.29, 0.717) is 26.7 Å². The predicted molar refractivity (Wildman–Crippen MR) is 120 cm³/mol. The molecular weight excluding hydrogens is 481 g/mol. The number of carbonyl (C=O) groups excluding carboxylic acids is 1. The molecule has 0 bridgehead atoms. The van der Waals surface area contributed by atoms with Gasteiger partial charge >= 0.3 is 0 Å². The van der Waals surface area contributed by atoms with Crippen LogP contribution in [0.2, 0.25) is 0 Å². The zero-order valence-corrected chi connectivity index (χ0v) is 18.2. The Morgan fingerprint density at radius 1 is 1.09 bits per heavy atom. The van der Waals surface area contributed by atoms with E-state index in [1.54, 1.807) is 36.4 Å². The fourth-order valence-corrected chi connectivity index (χ4v) is 4.47. The first-order valence-electron chi connectivity index (χ1n) is 9.62. The van der Waals surface area contributed by atoms with E-state index < -0.39 is 17.8 Å². The lowest BCUT2D eigenvalue weighted by atomic mass is 9.97. The second-order valence-electron chi connectivity index (χ2n) is 7.28. The van der Waals surface area contributed by atoms with Gasteiger partial charge in [0.2, 0.25) is 5.76 Å². The number of para-hydroxylation sites is 1. The highest BCUT2D eigenvalue weighted by Gasteiger charge is 2.44. The maximum atomic E-state index is 13.6. The number of phenolic OH excluding ortho intramolecular Hbond substituents is 1. The van der Waals surface area contributed by atoms with Gasteiger partial charge in [0.05, 0.1) is 28.6 Å². The Morgan fingerprint density at radius 3 is 2.53 bits per heavy atom. The quantitative estimate of drug-likeness (QED) is 0.424. The number of hydrogen-bond donors (Lipinski definition) is 1. The van der Waals surface area contributed by atoms with E-state index in [1.807, 2.05) is 0 Å². The molecule has 32 heavy (non-hydrogen) atoms. The van der Waals surface area contributed by atoms with Gasteiger partial charge in [-0.15, -0.1) is 0 Å². The summed E-state index contributed by atoms with van der Waals surface area (Å²) in [5.41, 5.74) is 1.02. The number of amides is 1. The number of rotatable bonds is 3. The van der Waals surface area contributed by atoms with E-state index in [0.717, 1.165) is 0 Å². The zero-order valence-electron chi connectivity index (χ0n) is 16.6. The number of anilines is 1. The molecule has 0 spiro atoms. The van der Waals surface area contributed by atoms with Gasteiger partial charge in [-0.25, -0.2) is 4.39 Å². The van der Waals surface area contributed by atoms with Gasteiger partial charge in [-0.3, -0.25) is 14.5 Å². The van der Waals surface area contributed by atoms with Crippen LogP contribution < -0.4 is 15.1 Å². The topological polar surface area (TPSA) is 80.0 Å². The highest BCUT2D eigenvalue weighted by atomic mass is 79.9. The fraction of sp³-hybridized carbons (Fsp3) is 0.0833. The predicted octanol–water partition coefficient (Wildman–Crippen LogP) is 5.16. The molecule has 8 heteroatoms. The largest absolute Gasteiger partial charge is 0.503 e. The van der Waals surface area contributed by atoms with Crippen molar-refractivity contribution in [3.8, 4) is 11.5 Å². The van der Waals surface area contributed by atoms with Crippen LogP contribution in [0.15, 0.2) is 74.3 Å². The monoisotopic (exact) mass is 495 g/mol. The molecule has 3 aromatic carbocycles. The Morgan fingerprint density at radius 2 is 1.81 bits per heavy atom. The molecule has 1 aliphatic heterocycles. The van der Waals surface area contributed by atoms with Crippen molar-refractivity contribution < 1.29 is 23.4 Å². The van der Waals surface area contributed by atoms with Crippen LogP contribution in [-0.4, -0.2) is 18.1 Å². The van der Waals surface area contributed by atoms with Crippen LogP contribution in [-0.2, 0) is 0 Å². The van der Waals surface area contributed by atoms with Crippen LogP contribution in [0.5, 0.6) is 11.5 Å². The summed E-state index contributed by atoms with van der Waals surface area (Å²) < 4.78 is 25.1. The summed E-state index contributed by atoms with van der Waals surface area (Å²) in [5.74, 6) is -1.00. The molecular formula is C24H15BrFNO5. The Balaban J connectivity index is 1.83. The van der Waals surface area contributed by atoms with E-state index in [9.17, 15) is 19.1 Å². The SMILES string of the molecule is COc1cc(C2c3c(oc4ccccc4c3=O)C(=O)N2c2ccc(F)cc2)cc(Br)c1O. The molecule has 0 aliphatic carbocycles. The normalized spacial score (nSPS) is 15.3. The first-order chi connectivity index (χ1) is 15.4. The Kier molecular flexibility index (Phi) is 4.74. The Hall–Kier alpha value is -3.65. The van der Waals surface area contributed by atoms with Crippen LogP contribution in [0.3, 0.4) is 0 Å². The number of nitrogens with zero attached hydrogens (tertiary/aromatic N) is 1. The smallest absolute Gasteiger partial charge is 0.295 e. The number of methoxy groups -OCH3 is 1. The highest BCUT2D eigenvalue weighted by molar-refractivity contribution is 9.10. The number of carbonyl (C=O) groups is 1. The summed E-state index contributed by atoms with van der Waals surface area (Å²) in [6, 6.07) is 14.4. The molecule has 5 rings (SSSR count). The Bertz CT molecular complexity index is 1450. The molecule has 160 valence electrons. The number of ether oxygens (including phenoxy) is 1. The number of halogens is 2. The van der Waals surface area contributed by atoms with Crippen molar-refractivity contribution in [1.29, 1.82) is 0 Å². The van der Waals surface area contributed by atoms with Crippen LogP contribution in [0.4, 0.5) is 10.1 Å². The third-order valence-corrected chi connectivity index (χ3v) is 6.07. The Labute approximate surface area is 189 Å². The van der Waals surface area contributed by atoms with Crippen molar-refractivity contribution in [2.45, 2.75) is 6.04 Å². The molecule has 6 nitrogen and oxygen atoms in total. The second-order valence-corrected chi connectivity index (χ2v) is 8.13. The van der Waals surface area contributed by atoms with Crippen LogP contribution >= 0.6 is 15.9 Å². The number of phenols is 1. The summed E-state index contributed by atoms with van der Waals surface area (Å²) >= 11 is 3.30. The molecule has 2 heterocycles. The van der Waals surface area contributed by atoms with Crippen LogP contribution in [0.25, 0.3) is 11.0 Å². The molecule has 1 atom stereocenters. The lowest BCUT2D eigenvalue weighted by molar-refractivity contribution is 0.0971. The minimum Gasteiger partial charge on any atom is -0.503 e. The van der Waals surface area contributed by atoms with Gasteiger partial charge in [0, 0.05) is 5.69 Å². The fourth-order valence-electron chi connectivity index (χ4n) is 4.01. The maximum absolute atomic E-state index is 13.6. The zero-order chi connectivity index (χ0) is 22.6. The van der Waals surface area contributed by atoms with Gasteiger partial charge in [-0.2, -0.15) is 0 Å². The molecule has 0 saturated heterocycles. The van der Waals surface area contributed by atoms with Crippen LogP contribution in [0, 0.1) is 5.82 Å². The standard InChI is InChI=1S/C24H15BrFNO5/c1-31-18-11-12(10-16(25)22(18)29)20-19-21(28)15-4-2-3-5-17(15)32-23(19)24(30)27(20)14-8-6-13(26)7-9-14/h2-11,20,29H,1H3. The van der Waals surface area contributed by atoms with Crippen molar-refractivity contribution in [3.05, 3.63) is 98.1 Å². The van der Waals surface area contributed by atoms with Gasteiger partial charge < -0.3 is 14.3 Å². The molecule has 1 N–H and O–H groups in total. The van der Waals surface area contributed by atoms with E-state index >= 15 is 0 Å². The number of fused-ring (bicyclic) bond motifs is 2. The van der Waals surface area contributed by atoms with Crippen LogP contribution in [0.1, 0.15) is 27.7 Å². The molecule has 0 radical (unpaired) electrons. The van der Waals surface area contributed by atoms with Crippen molar-refractivity contribution in [2.75, 3.05) is 12.0 Å². The average molecular weight is 496 g/mol. The molecule has 0 fully saturated rings. The van der Waals surface area contributed by atoms with Crippen molar-refractivity contribution in [1.82, 2.24) is 0 Å². The van der Waals surface area contributed by atoms with Crippen molar-refractivity contribution in [2.24, 2.45) is 0 Å². The molecule has 1 aliphatic rings. The number of aromatic hydroxyl groups is 1. The van der Waals surface area contributed by atoms with Crippen molar-refractivity contribution >= 4 is 38.5 Å². The van der Waals surface area contributed by atoms with E-state index in [4.69, 9.17) is 9.15 Å². The van der Waals surface area contributed by atoms with Crippen molar-refractivity contribution in [3.63, 3.8) is 0 Å². The van der Waals surface area contributed by atoms with Gasteiger partial charge in [0.1, 0.15) is 11.4 Å². The lowest BCUT2D eigenvalue weighted by Gasteiger charge is -2.26. The third kappa shape index (κ3) is 2.98. The summed E-state index contributed by atoms with van der Waals surface area (Å²) in [5, 5.41) is 10.6. The van der Waals surface area contributed by atoms with Gasteiger partial charge in [0.25, 0.3) is 5.91 Å². The second kappa shape index (κ2) is 7.49. The highest BCUT2D eigenvalue weighted by Crippen LogP contribution is 2.45. The first kappa shape index (κ1) is 20.3. The molecule has 4 aromatic rings. The van der Waals surface area contributed by atoms with Gasteiger partial charge in [-0.05, 0) is 70.0 Å². The molecule has 1 aromatic heterocycles. The summed E-state index contributed by atoms with van der Waals surface area (Å²) in [4.78, 5) is 28.4. The van der Waals surface area contributed by atoms with E-state index in [2.05, 4.69) is 15.9 Å². The summed E-state index contributed by atoms with van der Waals surface area (Å²) in [6.45, 7) is 0. The molecule has 1 unspecified atom stereocenters. The number of hydrogen-bond acceptors (Lipinski definition) is 5. The van der Waals surface area contributed by atoms with Gasteiger partial charge in [0.15, 0.2) is 16.9 Å². The average Bonchev–Trinajstić information content (AvgIpc) is 3.09.